The Kier molecular flexibility index (Phi) is 4.05. The van der Waals surface area contributed by atoms with E-state index in [1.54, 1.807) is 6.08 Å². The highest BCUT2D eigenvalue weighted by molar-refractivity contribution is 5.54. The summed E-state index contributed by atoms with van der Waals surface area (Å²) in [6.45, 7) is 8.91. The van der Waals surface area contributed by atoms with Crippen LogP contribution < -0.4 is 9.47 Å². The Balaban J connectivity index is 2.96. The van der Waals surface area contributed by atoms with Crippen molar-refractivity contribution in [3.05, 3.63) is 30.3 Å². The van der Waals surface area contributed by atoms with Crippen molar-refractivity contribution < 1.29 is 9.47 Å². The Hall–Kier alpha value is -1.44. The molecule has 2 heteroatoms. The van der Waals surface area contributed by atoms with Crippen LogP contribution in [0.5, 0.6) is 11.5 Å². The van der Waals surface area contributed by atoms with Crippen LogP contribution in [0.25, 0.3) is 6.08 Å². The topological polar surface area (TPSA) is 18.5 Å². The maximum Gasteiger partial charge on any atom is 0.161 e. The van der Waals surface area contributed by atoms with Gasteiger partial charge < -0.3 is 9.47 Å². The minimum absolute atomic E-state index is 0.640. The van der Waals surface area contributed by atoms with Gasteiger partial charge >= 0.3 is 0 Å². The first-order valence-corrected chi connectivity index (χ1v) is 4.83. The standard InChI is InChI=1S/C12H16O2/c1-4-10-7-8-11(13-5-2)12(9-10)14-6-3/h4,7-9H,1,5-6H2,2-3H3. The van der Waals surface area contributed by atoms with E-state index in [0.29, 0.717) is 13.2 Å². The van der Waals surface area contributed by atoms with E-state index in [0.717, 1.165) is 17.1 Å². The van der Waals surface area contributed by atoms with Crippen LogP contribution >= 0.6 is 0 Å². The molecule has 0 saturated heterocycles. The van der Waals surface area contributed by atoms with Gasteiger partial charge in [-0.25, -0.2) is 0 Å². The highest BCUT2D eigenvalue weighted by Gasteiger charge is 2.03. The lowest BCUT2D eigenvalue weighted by molar-refractivity contribution is 0.287. The molecule has 1 rings (SSSR count). The Bertz CT molecular complexity index is 305. The van der Waals surface area contributed by atoms with E-state index in [-0.39, 0.29) is 0 Å². The van der Waals surface area contributed by atoms with E-state index in [2.05, 4.69) is 6.58 Å². The second-order valence-corrected chi connectivity index (χ2v) is 2.78. The summed E-state index contributed by atoms with van der Waals surface area (Å²) < 4.78 is 10.9. The summed E-state index contributed by atoms with van der Waals surface area (Å²) in [6, 6.07) is 5.80. The van der Waals surface area contributed by atoms with Crippen molar-refractivity contribution in [3.63, 3.8) is 0 Å². The van der Waals surface area contributed by atoms with Crippen molar-refractivity contribution in [2.24, 2.45) is 0 Å². The Morgan fingerprint density at radius 3 is 2.36 bits per heavy atom. The average Bonchev–Trinajstić information content (AvgIpc) is 2.21. The van der Waals surface area contributed by atoms with Crippen LogP contribution in [0.2, 0.25) is 0 Å². The summed E-state index contributed by atoms with van der Waals surface area (Å²) in [6.07, 6.45) is 1.79. The molecule has 2 nitrogen and oxygen atoms in total. The number of rotatable bonds is 5. The van der Waals surface area contributed by atoms with E-state index in [4.69, 9.17) is 9.47 Å². The lowest BCUT2D eigenvalue weighted by Crippen LogP contribution is -1.98. The summed E-state index contributed by atoms with van der Waals surface area (Å²) >= 11 is 0. The molecular formula is C12H16O2. The van der Waals surface area contributed by atoms with Gasteiger partial charge in [0.1, 0.15) is 0 Å². The SMILES string of the molecule is C=Cc1ccc(OCC)c(OCC)c1. The van der Waals surface area contributed by atoms with Crippen molar-refractivity contribution >= 4 is 6.08 Å². The molecule has 0 aromatic heterocycles. The van der Waals surface area contributed by atoms with Gasteiger partial charge in [0.05, 0.1) is 13.2 Å². The lowest BCUT2D eigenvalue weighted by atomic mass is 10.2. The van der Waals surface area contributed by atoms with Gasteiger partial charge in [-0.05, 0) is 31.5 Å². The van der Waals surface area contributed by atoms with Gasteiger partial charge in [-0.2, -0.15) is 0 Å². The molecule has 0 saturated carbocycles. The fourth-order valence-electron chi connectivity index (χ4n) is 1.19. The number of ether oxygens (including phenoxy) is 2. The molecule has 0 unspecified atom stereocenters. The fraction of sp³-hybridized carbons (Fsp3) is 0.333. The number of benzene rings is 1. The monoisotopic (exact) mass is 192 g/mol. The number of hydrogen-bond donors (Lipinski definition) is 0. The number of hydrogen-bond acceptors (Lipinski definition) is 2. The predicted octanol–water partition coefficient (Wildman–Crippen LogP) is 3.13. The van der Waals surface area contributed by atoms with Gasteiger partial charge in [0.25, 0.3) is 0 Å². The lowest BCUT2D eigenvalue weighted by Gasteiger charge is -2.10. The van der Waals surface area contributed by atoms with E-state index in [1.165, 1.54) is 0 Å². The van der Waals surface area contributed by atoms with E-state index in [1.807, 2.05) is 32.0 Å². The van der Waals surface area contributed by atoms with Gasteiger partial charge in [-0.1, -0.05) is 18.7 Å². The largest absolute Gasteiger partial charge is 0.490 e. The molecule has 14 heavy (non-hydrogen) atoms. The first-order chi connectivity index (χ1) is 6.81. The highest BCUT2D eigenvalue weighted by atomic mass is 16.5. The molecule has 76 valence electrons. The maximum absolute atomic E-state index is 5.46. The smallest absolute Gasteiger partial charge is 0.161 e. The van der Waals surface area contributed by atoms with Crippen LogP contribution in [0.3, 0.4) is 0 Å². The van der Waals surface area contributed by atoms with E-state index >= 15 is 0 Å². The summed E-state index contributed by atoms with van der Waals surface area (Å²) in [5.41, 5.74) is 1.04. The molecule has 0 atom stereocenters. The van der Waals surface area contributed by atoms with Crippen LogP contribution in [-0.4, -0.2) is 13.2 Å². The van der Waals surface area contributed by atoms with Crippen molar-refractivity contribution in [1.29, 1.82) is 0 Å². The van der Waals surface area contributed by atoms with Crippen LogP contribution in [0.4, 0.5) is 0 Å². The molecule has 0 aliphatic rings. The second-order valence-electron chi connectivity index (χ2n) is 2.78. The van der Waals surface area contributed by atoms with Gasteiger partial charge in [-0.15, -0.1) is 0 Å². The summed E-state index contributed by atoms with van der Waals surface area (Å²) in [7, 11) is 0. The van der Waals surface area contributed by atoms with Crippen LogP contribution in [-0.2, 0) is 0 Å². The molecule has 0 amide bonds. The van der Waals surface area contributed by atoms with Crippen LogP contribution in [0.15, 0.2) is 24.8 Å². The first-order valence-electron chi connectivity index (χ1n) is 4.83. The zero-order valence-electron chi connectivity index (χ0n) is 8.75. The van der Waals surface area contributed by atoms with Gasteiger partial charge in [0, 0.05) is 0 Å². The molecule has 0 heterocycles. The van der Waals surface area contributed by atoms with Gasteiger partial charge in [0.15, 0.2) is 11.5 Å². The van der Waals surface area contributed by atoms with Gasteiger partial charge in [0.2, 0.25) is 0 Å². The summed E-state index contributed by atoms with van der Waals surface area (Å²) in [5, 5.41) is 0. The zero-order chi connectivity index (χ0) is 10.4. The van der Waals surface area contributed by atoms with Gasteiger partial charge in [-0.3, -0.25) is 0 Å². The molecule has 0 spiro atoms. The van der Waals surface area contributed by atoms with Crippen molar-refractivity contribution in [3.8, 4) is 11.5 Å². The maximum atomic E-state index is 5.46. The first kappa shape index (κ1) is 10.6. The van der Waals surface area contributed by atoms with Crippen LogP contribution in [0.1, 0.15) is 19.4 Å². The van der Waals surface area contributed by atoms with Crippen molar-refractivity contribution in [2.45, 2.75) is 13.8 Å². The zero-order valence-corrected chi connectivity index (χ0v) is 8.75. The molecule has 0 aliphatic carbocycles. The van der Waals surface area contributed by atoms with Crippen molar-refractivity contribution in [2.75, 3.05) is 13.2 Å². The Morgan fingerprint density at radius 2 is 1.79 bits per heavy atom. The molecule has 1 aromatic rings. The quantitative estimate of drug-likeness (QED) is 0.713. The minimum Gasteiger partial charge on any atom is -0.490 e. The molecule has 0 aliphatic heterocycles. The highest BCUT2D eigenvalue weighted by Crippen LogP contribution is 2.28. The average molecular weight is 192 g/mol. The van der Waals surface area contributed by atoms with E-state index < -0.39 is 0 Å². The normalized spacial score (nSPS) is 9.57. The molecule has 0 bridgehead atoms. The third-order valence-corrected chi connectivity index (χ3v) is 1.80. The molecule has 0 N–H and O–H groups in total. The predicted molar refractivity (Wildman–Crippen MR) is 58.9 cm³/mol. The van der Waals surface area contributed by atoms with E-state index in [9.17, 15) is 0 Å². The Labute approximate surface area is 85.2 Å². The second kappa shape index (κ2) is 5.32. The minimum atomic E-state index is 0.640. The molecule has 0 fully saturated rings. The van der Waals surface area contributed by atoms with Crippen molar-refractivity contribution in [1.82, 2.24) is 0 Å². The molecule has 0 radical (unpaired) electrons. The fourth-order valence-corrected chi connectivity index (χ4v) is 1.19. The molecular weight excluding hydrogens is 176 g/mol. The summed E-state index contributed by atoms with van der Waals surface area (Å²) in [5.74, 6) is 1.58. The Morgan fingerprint density at radius 1 is 1.14 bits per heavy atom. The third kappa shape index (κ3) is 2.52. The third-order valence-electron chi connectivity index (χ3n) is 1.80. The summed E-state index contributed by atoms with van der Waals surface area (Å²) in [4.78, 5) is 0. The van der Waals surface area contributed by atoms with Crippen LogP contribution in [0, 0.1) is 0 Å². The molecule has 1 aromatic carbocycles.